The SMILES string of the molecule is Cc1ccc(C2c3[nH]c4ccccc4c3CCN2C(O)c2ccc(Br)cc2)cc1. The zero-order valence-corrected chi connectivity index (χ0v) is 17.9. The topological polar surface area (TPSA) is 39.3 Å². The lowest BCUT2D eigenvalue weighted by Crippen LogP contribution is -2.39. The van der Waals surface area contributed by atoms with Gasteiger partial charge >= 0.3 is 0 Å². The van der Waals surface area contributed by atoms with E-state index >= 15 is 0 Å². The number of aryl methyl sites for hydroxylation is 1. The molecule has 2 unspecified atom stereocenters. The molecule has 1 aliphatic rings. The molecule has 3 aromatic carbocycles. The number of H-pyrrole nitrogens is 1. The van der Waals surface area contributed by atoms with Gasteiger partial charge < -0.3 is 10.1 Å². The molecule has 3 nitrogen and oxygen atoms in total. The Morgan fingerprint density at radius 2 is 1.72 bits per heavy atom. The van der Waals surface area contributed by atoms with Crippen LogP contribution < -0.4 is 0 Å². The van der Waals surface area contributed by atoms with Crippen molar-refractivity contribution in [2.75, 3.05) is 6.54 Å². The van der Waals surface area contributed by atoms with Crippen molar-refractivity contribution in [3.05, 3.63) is 105 Å². The molecule has 0 aliphatic carbocycles. The molecule has 0 radical (unpaired) electrons. The van der Waals surface area contributed by atoms with E-state index in [-0.39, 0.29) is 6.04 Å². The first-order valence-electron chi connectivity index (χ1n) is 9.97. The maximum atomic E-state index is 11.3. The second-order valence-electron chi connectivity index (χ2n) is 7.79. The van der Waals surface area contributed by atoms with Crippen molar-refractivity contribution >= 4 is 26.8 Å². The zero-order valence-electron chi connectivity index (χ0n) is 16.3. The summed E-state index contributed by atoms with van der Waals surface area (Å²) in [4.78, 5) is 5.86. The molecule has 4 heteroatoms. The number of aliphatic hydroxyl groups is 1. The van der Waals surface area contributed by atoms with E-state index in [1.807, 2.05) is 24.3 Å². The van der Waals surface area contributed by atoms with Gasteiger partial charge in [0.05, 0.1) is 6.04 Å². The fourth-order valence-electron chi connectivity index (χ4n) is 4.46. The minimum atomic E-state index is -0.672. The highest BCUT2D eigenvalue weighted by Gasteiger charge is 2.35. The first kappa shape index (κ1) is 18.6. The molecule has 2 heterocycles. The fourth-order valence-corrected chi connectivity index (χ4v) is 4.72. The van der Waals surface area contributed by atoms with Gasteiger partial charge in [-0.1, -0.05) is 76.1 Å². The monoisotopic (exact) mass is 446 g/mol. The van der Waals surface area contributed by atoms with Gasteiger partial charge in [0.2, 0.25) is 0 Å². The van der Waals surface area contributed by atoms with Crippen molar-refractivity contribution in [1.82, 2.24) is 9.88 Å². The number of hydrogen-bond acceptors (Lipinski definition) is 2. The average molecular weight is 447 g/mol. The number of nitrogens with zero attached hydrogens (tertiary/aromatic N) is 1. The van der Waals surface area contributed by atoms with Crippen LogP contribution in [0.5, 0.6) is 0 Å². The first-order valence-corrected chi connectivity index (χ1v) is 10.8. The van der Waals surface area contributed by atoms with Crippen LogP contribution in [-0.2, 0) is 6.42 Å². The third-order valence-corrected chi connectivity index (χ3v) is 6.48. The molecule has 146 valence electrons. The van der Waals surface area contributed by atoms with Gasteiger partial charge in [0.15, 0.2) is 0 Å². The highest BCUT2D eigenvalue weighted by atomic mass is 79.9. The van der Waals surface area contributed by atoms with Crippen LogP contribution in [0.25, 0.3) is 10.9 Å². The number of fused-ring (bicyclic) bond motifs is 3. The minimum Gasteiger partial charge on any atom is -0.374 e. The largest absolute Gasteiger partial charge is 0.374 e. The minimum absolute atomic E-state index is 0.0228. The van der Waals surface area contributed by atoms with Gasteiger partial charge in [-0.3, -0.25) is 4.90 Å². The van der Waals surface area contributed by atoms with Crippen LogP contribution in [0.1, 0.15) is 40.2 Å². The molecular formula is C25H23BrN2O. The van der Waals surface area contributed by atoms with Crippen LogP contribution in [-0.4, -0.2) is 21.5 Å². The fraction of sp³-hybridized carbons (Fsp3) is 0.200. The van der Waals surface area contributed by atoms with E-state index in [1.165, 1.54) is 27.8 Å². The summed E-state index contributed by atoms with van der Waals surface area (Å²) in [5.74, 6) is 0. The van der Waals surface area contributed by atoms with Crippen LogP contribution >= 0.6 is 15.9 Å². The number of hydrogen-bond donors (Lipinski definition) is 2. The Balaban J connectivity index is 1.64. The van der Waals surface area contributed by atoms with Crippen molar-refractivity contribution in [1.29, 1.82) is 0 Å². The van der Waals surface area contributed by atoms with Gasteiger partial charge in [-0.2, -0.15) is 0 Å². The predicted molar refractivity (Wildman–Crippen MR) is 121 cm³/mol. The molecule has 0 saturated carbocycles. The van der Waals surface area contributed by atoms with Crippen molar-refractivity contribution < 1.29 is 5.11 Å². The van der Waals surface area contributed by atoms with E-state index < -0.39 is 6.23 Å². The molecule has 2 atom stereocenters. The van der Waals surface area contributed by atoms with Crippen LogP contribution in [0, 0.1) is 6.92 Å². The lowest BCUT2D eigenvalue weighted by molar-refractivity contribution is -0.0234. The number of rotatable bonds is 3. The molecule has 0 amide bonds. The molecule has 0 fully saturated rings. The molecule has 5 rings (SSSR count). The maximum Gasteiger partial charge on any atom is 0.134 e. The second kappa shape index (κ2) is 7.45. The summed E-state index contributed by atoms with van der Waals surface area (Å²) in [6.07, 6.45) is 0.240. The van der Waals surface area contributed by atoms with E-state index in [2.05, 4.69) is 81.3 Å². The Bertz CT molecular complexity index is 1150. The summed E-state index contributed by atoms with van der Waals surface area (Å²) in [6, 6.07) is 25.1. The van der Waals surface area contributed by atoms with Gasteiger partial charge in [0.1, 0.15) is 6.23 Å². The third kappa shape index (κ3) is 3.31. The number of aliphatic hydroxyl groups excluding tert-OH is 1. The Labute approximate surface area is 179 Å². The Morgan fingerprint density at radius 1 is 1.00 bits per heavy atom. The van der Waals surface area contributed by atoms with Crippen LogP contribution in [0.3, 0.4) is 0 Å². The highest BCUT2D eigenvalue weighted by Crippen LogP contribution is 2.41. The molecule has 0 spiro atoms. The van der Waals surface area contributed by atoms with E-state index in [0.717, 1.165) is 28.5 Å². The molecule has 2 N–H and O–H groups in total. The smallest absolute Gasteiger partial charge is 0.134 e. The predicted octanol–water partition coefficient (Wildman–Crippen LogP) is 5.88. The summed E-state index contributed by atoms with van der Waals surface area (Å²) < 4.78 is 1.01. The first-order chi connectivity index (χ1) is 14.1. The Hall–Kier alpha value is -2.40. The third-order valence-electron chi connectivity index (χ3n) is 5.95. The summed E-state index contributed by atoms with van der Waals surface area (Å²) in [6.45, 7) is 2.90. The van der Waals surface area contributed by atoms with Gasteiger partial charge in [-0.15, -0.1) is 0 Å². The standard InChI is InChI=1S/C25H23BrN2O/c1-16-6-8-17(9-7-16)24-23-21(20-4-2-3-5-22(20)27-23)14-15-28(24)25(29)18-10-12-19(26)13-11-18/h2-13,24-25,27,29H,14-15H2,1H3. The number of halogens is 1. The van der Waals surface area contributed by atoms with Gasteiger partial charge in [-0.05, 0) is 48.2 Å². The van der Waals surface area contributed by atoms with E-state index in [0.29, 0.717) is 0 Å². The van der Waals surface area contributed by atoms with Crippen LogP contribution in [0.2, 0.25) is 0 Å². The van der Waals surface area contributed by atoms with Crippen molar-refractivity contribution in [3.63, 3.8) is 0 Å². The summed E-state index contributed by atoms with van der Waals surface area (Å²) in [5, 5.41) is 12.6. The van der Waals surface area contributed by atoms with Crippen LogP contribution in [0.15, 0.2) is 77.3 Å². The van der Waals surface area contributed by atoms with Crippen molar-refractivity contribution in [2.24, 2.45) is 0 Å². The molecular weight excluding hydrogens is 424 g/mol. The Morgan fingerprint density at radius 3 is 2.48 bits per heavy atom. The van der Waals surface area contributed by atoms with E-state index in [4.69, 9.17) is 0 Å². The summed E-state index contributed by atoms with van der Waals surface area (Å²) in [5.41, 5.74) is 7.06. The maximum absolute atomic E-state index is 11.3. The van der Waals surface area contributed by atoms with Gasteiger partial charge in [0, 0.05) is 27.6 Å². The number of benzene rings is 3. The number of nitrogens with one attached hydrogen (secondary N) is 1. The van der Waals surface area contributed by atoms with Crippen molar-refractivity contribution in [3.8, 4) is 0 Å². The number of para-hydroxylation sites is 1. The quantitative estimate of drug-likeness (QED) is 0.412. The molecule has 1 aliphatic heterocycles. The highest BCUT2D eigenvalue weighted by molar-refractivity contribution is 9.10. The second-order valence-corrected chi connectivity index (χ2v) is 8.70. The van der Waals surface area contributed by atoms with E-state index in [9.17, 15) is 5.11 Å². The van der Waals surface area contributed by atoms with Gasteiger partial charge in [0.25, 0.3) is 0 Å². The Kier molecular flexibility index (Phi) is 4.78. The van der Waals surface area contributed by atoms with Crippen molar-refractivity contribution in [2.45, 2.75) is 25.6 Å². The van der Waals surface area contributed by atoms with Crippen LogP contribution in [0.4, 0.5) is 0 Å². The molecule has 29 heavy (non-hydrogen) atoms. The molecule has 0 saturated heterocycles. The molecule has 0 bridgehead atoms. The summed E-state index contributed by atoms with van der Waals surface area (Å²) >= 11 is 3.49. The lowest BCUT2D eigenvalue weighted by Gasteiger charge is -2.39. The average Bonchev–Trinajstić information content (AvgIpc) is 3.12. The summed E-state index contributed by atoms with van der Waals surface area (Å²) in [7, 11) is 0. The molecule has 1 aromatic heterocycles. The zero-order chi connectivity index (χ0) is 20.0. The molecule has 4 aromatic rings. The number of aromatic nitrogens is 1. The van der Waals surface area contributed by atoms with Gasteiger partial charge in [-0.25, -0.2) is 0 Å². The lowest BCUT2D eigenvalue weighted by atomic mass is 9.91. The normalized spacial score (nSPS) is 18.0. The number of aromatic amines is 1. The van der Waals surface area contributed by atoms with E-state index in [1.54, 1.807) is 0 Å².